The van der Waals surface area contributed by atoms with Gasteiger partial charge < -0.3 is 9.47 Å². The molecule has 0 radical (unpaired) electrons. The number of methoxy groups -OCH3 is 1. The number of hydrazone groups is 1. The average Bonchev–Trinajstić information content (AvgIpc) is 2.51. The molecule has 0 aromatic heterocycles. The van der Waals surface area contributed by atoms with Crippen LogP contribution < -0.4 is 14.9 Å². The molecule has 0 fully saturated rings. The third-order valence-electron chi connectivity index (χ3n) is 2.81. The molecule has 0 aliphatic carbocycles. The van der Waals surface area contributed by atoms with Crippen LogP contribution in [0.15, 0.2) is 50.4 Å². The molecule has 0 unspecified atom stereocenters. The maximum Gasteiger partial charge on any atom is 0.147 e. The molecule has 0 bridgehead atoms. The van der Waals surface area contributed by atoms with Gasteiger partial charge in [-0.1, -0.05) is 0 Å². The van der Waals surface area contributed by atoms with Crippen LogP contribution in [0.4, 0.5) is 5.69 Å². The highest BCUT2D eigenvalue weighted by Crippen LogP contribution is 2.34. The second-order valence-electron chi connectivity index (χ2n) is 4.35. The van der Waals surface area contributed by atoms with Crippen molar-refractivity contribution in [1.82, 2.24) is 0 Å². The topological polar surface area (TPSA) is 42.8 Å². The minimum absolute atomic E-state index is 0.615. The van der Waals surface area contributed by atoms with Crippen molar-refractivity contribution < 1.29 is 9.47 Å². The van der Waals surface area contributed by atoms with E-state index in [-0.39, 0.29) is 0 Å². The number of hydrogen-bond donors (Lipinski definition) is 1. The summed E-state index contributed by atoms with van der Waals surface area (Å²) in [6, 6.07) is 11.5. The fraction of sp³-hybridized carbons (Fsp3) is 0.188. The number of anilines is 1. The zero-order valence-corrected chi connectivity index (χ0v) is 15.4. The first kappa shape index (κ1) is 16.8. The lowest BCUT2D eigenvalue weighted by molar-refractivity contribution is 0.336. The standard InChI is InChI=1S/C16H16Br2N2O2/c1-3-22-16-14(17)8-11(9-15(16)18)10-19-20-12-4-6-13(21-2)7-5-12/h4-10,20H,3H2,1-2H3/b19-10+. The number of nitrogens with zero attached hydrogens (tertiary/aromatic N) is 1. The molecule has 2 rings (SSSR count). The van der Waals surface area contributed by atoms with Gasteiger partial charge in [0.1, 0.15) is 11.5 Å². The van der Waals surface area contributed by atoms with Gasteiger partial charge in [-0.3, -0.25) is 5.43 Å². The molecule has 6 heteroatoms. The van der Waals surface area contributed by atoms with Crippen molar-refractivity contribution in [2.75, 3.05) is 19.1 Å². The molecule has 4 nitrogen and oxygen atoms in total. The molecular formula is C16H16Br2N2O2. The Bertz CT molecular complexity index is 635. The van der Waals surface area contributed by atoms with Gasteiger partial charge in [-0.25, -0.2) is 0 Å². The van der Waals surface area contributed by atoms with E-state index in [0.29, 0.717) is 6.61 Å². The van der Waals surface area contributed by atoms with E-state index >= 15 is 0 Å². The van der Waals surface area contributed by atoms with Gasteiger partial charge in [0.05, 0.1) is 34.6 Å². The number of ether oxygens (including phenoxy) is 2. The Hall–Kier alpha value is -1.53. The molecule has 0 heterocycles. The number of benzene rings is 2. The van der Waals surface area contributed by atoms with Crippen molar-refractivity contribution in [2.45, 2.75) is 6.92 Å². The number of hydrogen-bond acceptors (Lipinski definition) is 4. The first-order valence-corrected chi connectivity index (χ1v) is 8.27. The van der Waals surface area contributed by atoms with E-state index in [2.05, 4.69) is 42.4 Å². The largest absolute Gasteiger partial charge is 0.497 e. The van der Waals surface area contributed by atoms with Crippen LogP contribution in [0.1, 0.15) is 12.5 Å². The van der Waals surface area contributed by atoms with Crippen molar-refractivity contribution in [2.24, 2.45) is 5.10 Å². The molecular weight excluding hydrogens is 412 g/mol. The lowest BCUT2D eigenvalue weighted by Gasteiger charge is -2.09. The number of nitrogens with one attached hydrogen (secondary N) is 1. The fourth-order valence-electron chi connectivity index (χ4n) is 1.78. The zero-order chi connectivity index (χ0) is 15.9. The van der Waals surface area contributed by atoms with E-state index in [4.69, 9.17) is 9.47 Å². The summed E-state index contributed by atoms with van der Waals surface area (Å²) in [5, 5.41) is 4.23. The molecule has 0 amide bonds. The SMILES string of the molecule is CCOc1c(Br)cc(/C=N/Nc2ccc(OC)cc2)cc1Br. The van der Waals surface area contributed by atoms with Crippen LogP contribution >= 0.6 is 31.9 Å². The third-order valence-corrected chi connectivity index (χ3v) is 3.98. The zero-order valence-electron chi connectivity index (χ0n) is 12.3. The smallest absolute Gasteiger partial charge is 0.147 e. The van der Waals surface area contributed by atoms with Crippen LogP contribution in [-0.4, -0.2) is 19.9 Å². The van der Waals surface area contributed by atoms with Crippen LogP contribution in [-0.2, 0) is 0 Å². The van der Waals surface area contributed by atoms with E-state index in [9.17, 15) is 0 Å². The van der Waals surface area contributed by atoms with Gasteiger partial charge in [-0.2, -0.15) is 5.10 Å². The summed E-state index contributed by atoms with van der Waals surface area (Å²) in [5.41, 5.74) is 4.81. The lowest BCUT2D eigenvalue weighted by Crippen LogP contribution is -1.96. The lowest BCUT2D eigenvalue weighted by atomic mass is 10.2. The highest BCUT2D eigenvalue weighted by Gasteiger charge is 2.07. The van der Waals surface area contributed by atoms with Crippen molar-refractivity contribution in [3.63, 3.8) is 0 Å². The second-order valence-corrected chi connectivity index (χ2v) is 6.05. The fourth-order valence-corrected chi connectivity index (χ4v) is 3.23. The number of rotatable bonds is 6. The highest BCUT2D eigenvalue weighted by atomic mass is 79.9. The maximum atomic E-state index is 5.55. The van der Waals surface area contributed by atoms with Gasteiger partial charge >= 0.3 is 0 Å². The summed E-state index contributed by atoms with van der Waals surface area (Å²) < 4.78 is 12.4. The van der Waals surface area contributed by atoms with Gasteiger partial charge in [-0.05, 0) is 80.7 Å². The van der Waals surface area contributed by atoms with E-state index in [1.807, 2.05) is 43.3 Å². The molecule has 1 N–H and O–H groups in total. The molecule has 0 aliphatic rings. The molecule has 0 saturated heterocycles. The molecule has 0 saturated carbocycles. The predicted molar refractivity (Wildman–Crippen MR) is 97.2 cm³/mol. The minimum Gasteiger partial charge on any atom is -0.497 e. The molecule has 22 heavy (non-hydrogen) atoms. The first-order chi connectivity index (χ1) is 10.6. The Morgan fingerprint density at radius 1 is 1.14 bits per heavy atom. The molecule has 2 aromatic rings. The maximum absolute atomic E-state index is 5.55. The van der Waals surface area contributed by atoms with Gasteiger partial charge in [0, 0.05) is 0 Å². The van der Waals surface area contributed by atoms with Crippen LogP contribution in [0.5, 0.6) is 11.5 Å². The number of halogens is 2. The Kier molecular flexibility index (Phi) is 6.27. The first-order valence-electron chi connectivity index (χ1n) is 6.69. The molecule has 0 spiro atoms. The van der Waals surface area contributed by atoms with E-state index < -0.39 is 0 Å². The van der Waals surface area contributed by atoms with Crippen LogP contribution in [0.2, 0.25) is 0 Å². The highest BCUT2D eigenvalue weighted by molar-refractivity contribution is 9.11. The van der Waals surface area contributed by atoms with Gasteiger partial charge in [0.2, 0.25) is 0 Å². The average molecular weight is 428 g/mol. The molecule has 0 atom stereocenters. The molecule has 0 aliphatic heterocycles. The second kappa shape index (κ2) is 8.19. The van der Waals surface area contributed by atoms with E-state index in [0.717, 1.165) is 31.7 Å². The minimum atomic E-state index is 0.615. The summed E-state index contributed by atoms with van der Waals surface area (Å²) in [4.78, 5) is 0. The Morgan fingerprint density at radius 3 is 2.32 bits per heavy atom. The van der Waals surface area contributed by atoms with Crippen molar-refractivity contribution in [3.8, 4) is 11.5 Å². The van der Waals surface area contributed by atoms with Crippen LogP contribution in [0, 0.1) is 0 Å². The van der Waals surface area contributed by atoms with Gasteiger partial charge in [0.15, 0.2) is 0 Å². The molecule has 2 aromatic carbocycles. The Labute approximate surface area is 146 Å². The monoisotopic (exact) mass is 426 g/mol. The predicted octanol–water partition coefficient (Wildman–Crippen LogP) is 5.06. The van der Waals surface area contributed by atoms with Crippen molar-refractivity contribution in [1.29, 1.82) is 0 Å². The quantitative estimate of drug-likeness (QED) is 0.517. The molecule has 116 valence electrons. The van der Waals surface area contributed by atoms with E-state index in [1.165, 1.54) is 0 Å². The Balaban J connectivity index is 2.06. The van der Waals surface area contributed by atoms with Crippen LogP contribution in [0.3, 0.4) is 0 Å². The summed E-state index contributed by atoms with van der Waals surface area (Å²) in [7, 11) is 1.64. The van der Waals surface area contributed by atoms with E-state index in [1.54, 1.807) is 13.3 Å². The summed E-state index contributed by atoms with van der Waals surface area (Å²) >= 11 is 7.00. The van der Waals surface area contributed by atoms with Crippen molar-refractivity contribution >= 4 is 43.8 Å². The Morgan fingerprint density at radius 2 is 1.77 bits per heavy atom. The van der Waals surface area contributed by atoms with Crippen molar-refractivity contribution in [3.05, 3.63) is 50.9 Å². The third kappa shape index (κ3) is 4.48. The summed E-state index contributed by atoms with van der Waals surface area (Å²) in [5.74, 6) is 1.61. The normalized spacial score (nSPS) is 10.7. The summed E-state index contributed by atoms with van der Waals surface area (Å²) in [6.45, 7) is 2.57. The van der Waals surface area contributed by atoms with Crippen LogP contribution in [0.25, 0.3) is 0 Å². The summed E-state index contributed by atoms with van der Waals surface area (Å²) in [6.07, 6.45) is 1.75. The van der Waals surface area contributed by atoms with Gasteiger partial charge in [0.25, 0.3) is 0 Å². The van der Waals surface area contributed by atoms with Gasteiger partial charge in [-0.15, -0.1) is 0 Å².